The summed E-state index contributed by atoms with van der Waals surface area (Å²) < 4.78 is 10.8. The molecule has 2 aromatic carbocycles. The summed E-state index contributed by atoms with van der Waals surface area (Å²) in [5, 5.41) is 6.52. The molecule has 1 aromatic heterocycles. The summed E-state index contributed by atoms with van der Waals surface area (Å²) in [6.45, 7) is 4.60. The average molecular weight is 415 g/mol. The molecule has 0 aliphatic rings. The van der Waals surface area contributed by atoms with Crippen LogP contribution in [0.25, 0.3) is 11.0 Å². The molecule has 29 heavy (non-hydrogen) atoms. The van der Waals surface area contributed by atoms with Crippen molar-refractivity contribution in [3.05, 3.63) is 58.8 Å². The van der Waals surface area contributed by atoms with Gasteiger partial charge < -0.3 is 19.8 Å². The van der Waals surface area contributed by atoms with Crippen LogP contribution in [0.4, 0.5) is 11.4 Å². The summed E-state index contributed by atoms with van der Waals surface area (Å²) in [4.78, 5) is 35.8. The highest BCUT2D eigenvalue weighted by molar-refractivity contribution is 6.31. The number of carbonyl (C=O) groups is 3. The Hall–Kier alpha value is -3.32. The lowest BCUT2D eigenvalue weighted by Gasteiger charge is -2.13. The van der Waals surface area contributed by atoms with Gasteiger partial charge in [0.15, 0.2) is 6.10 Å². The number of esters is 1. The van der Waals surface area contributed by atoms with Crippen molar-refractivity contribution in [3.63, 3.8) is 0 Å². The largest absolute Gasteiger partial charge is 0.449 e. The Balaban J connectivity index is 1.65. The molecule has 2 amide bonds. The molecule has 0 radical (unpaired) electrons. The molecule has 8 heteroatoms. The van der Waals surface area contributed by atoms with Crippen LogP contribution in [0.1, 0.15) is 30.0 Å². The summed E-state index contributed by atoms with van der Waals surface area (Å²) in [5.41, 5.74) is 2.21. The number of furan rings is 1. The molecular weight excluding hydrogens is 396 g/mol. The first-order chi connectivity index (χ1) is 13.7. The van der Waals surface area contributed by atoms with E-state index in [1.54, 1.807) is 49.4 Å². The van der Waals surface area contributed by atoms with Crippen LogP contribution in [0.15, 0.2) is 46.9 Å². The maximum atomic E-state index is 12.5. The van der Waals surface area contributed by atoms with Crippen LogP contribution in [-0.2, 0) is 14.3 Å². The number of aryl methyl sites for hydroxylation is 1. The topological polar surface area (TPSA) is 97.6 Å². The maximum absolute atomic E-state index is 12.5. The van der Waals surface area contributed by atoms with Gasteiger partial charge in [0.2, 0.25) is 11.7 Å². The monoisotopic (exact) mass is 414 g/mol. The number of rotatable bonds is 5. The van der Waals surface area contributed by atoms with Crippen molar-refractivity contribution in [2.45, 2.75) is 26.9 Å². The number of carbonyl (C=O) groups excluding carboxylic acids is 3. The third-order valence-electron chi connectivity index (χ3n) is 4.21. The van der Waals surface area contributed by atoms with Crippen LogP contribution < -0.4 is 10.6 Å². The third kappa shape index (κ3) is 4.75. The second-order valence-corrected chi connectivity index (χ2v) is 6.93. The van der Waals surface area contributed by atoms with Crippen LogP contribution in [0.2, 0.25) is 5.02 Å². The number of halogens is 1. The number of hydrogen-bond donors (Lipinski definition) is 2. The summed E-state index contributed by atoms with van der Waals surface area (Å²) >= 11 is 5.99. The molecule has 7 nitrogen and oxygen atoms in total. The highest BCUT2D eigenvalue weighted by Crippen LogP contribution is 2.28. The average Bonchev–Trinajstić information content (AvgIpc) is 2.99. The van der Waals surface area contributed by atoms with Crippen molar-refractivity contribution < 1.29 is 23.5 Å². The Labute approximate surface area is 172 Å². The van der Waals surface area contributed by atoms with Crippen molar-refractivity contribution >= 4 is 51.7 Å². The summed E-state index contributed by atoms with van der Waals surface area (Å²) in [6, 6.07) is 11.6. The minimum absolute atomic E-state index is 0.0292. The molecule has 0 fully saturated rings. The van der Waals surface area contributed by atoms with Gasteiger partial charge in [0.05, 0.1) is 0 Å². The van der Waals surface area contributed by atoms with E-state index >= 15 is 0 Å². The predicted molar refractivity (Wildman–Crippen MR) is 110 cm³/mol. The molecule has 150 valence electrons. The molecule has 2 N–H and O–H groups in total. The van der Waals surface area contributed by atoms with Crippen molar-refractivity contribution in [3.8, 4) is 0 Å². The van der Waals surface area contributed by atoms with E-state index in [1.165, 1.54) is 13.8 Å². The standard InChI is InChI=1S/C21H19ClN2O5/c1-11-17-10-14(22)4-9-18(17)29-19(11)21(27)28-12(2)20(26)24-16-7-5-15(6-8-16)23-13(3)25/h4-10,12H,1-3H3,(H,23,25)(H,24,26)/t12-/m0/s1. The number of anilines is 2. The number of nitrogens with one attached hydrogen (secondary N) is 2. The van der Waals surface area contributed by atoms with Gasteiger partial charge in [-0.15, -0.1) is 0 Å². The van der Waals surface area contributed by atoms with E-state index in [0.29, 0.717) is 32.9 Å². The maximum Gasteiger partial charge on any atom is 0.375 e. The smallest absolute Gasteiger partial charge is 0.375 e. The van der Waals surface area contributed by atoms with E-state index in [0.717, 1.165) is 0 Å². The first-order valence-corrected chi connectivity index (χ1v) is 9.20. The van der Waals surface area contributed by atoms with E-state index in [4.69, 9.17) is 20.8 Å². The lowest BCUT2D eigenvalue weighted by Crippen LogP contribution is -2.30. The molecule has 0 aliphatic carbocycles. The molecular formula is C21H19ClN2O5. The SMILES string of the molecule is CC(=O)Nc1ccc(NC(=O)[C@H](C)OC(=O)c2oc3ccc(Cl)cc3c2C)cc1. The molecule has 0 saturated heterocycles. The number of benzene rings is 2. The van der Waals surface area contributed by atoms with Crippen LogP contribution >= 0.6 is 11.6 Å². The minimum Gasteiger partial charge on any atom is -0.449 e. The quantitative estimate of drug-likeness (QED) is 0.597. The van der Waals surface area contributed by atoms with Crippen molar-refractivity contribution in [2.24, 2.45) is 0 Å². The summed E-state index contributed by atoms with van der Waals surface area (Å²) in [5.74, 6) is -1.40. The molecule has 1 atom stereocenters. The number of ether oxygens (including phenoxy) is 1. The lowest BCUT2D eigenvalue weighted by molar-refractivity contribution is -0.123. The van der Waals surface area contributed by atoms with Crippen LogP contribution in [0.5, 0.6) is 0 Å². The van der Waals surface area contributed by atoms with Gasteiger partial charge in [-0.1, -0.05) is 11.6 Å². The van der Waals surface area contributed by atoms with Gasteiger partial charge in [-0.05, 0) is 56.3 Å². The molecule has 0 bridgehead atoms. The normalized spacial score (nSPS) is 11.7. The van der Waals surface area contributed by atoms with E-state index in [1.807, 2.05) is 0 Å². The van der Waals surface area contributed by atoms with Crippen molar-refractivity contribution in [1.29, 1.82) is 0 Å². The van der Waals surface area contributed by atoms with Gasteiger partial charge in [0.1, 0.15) is 5.58 Å². The Morgan fingerprint density at radius 1 is 1.03 bits per heavy atom. The Kier molecular flexibility index (Phi) is 5.89. The van der Waals surface area contributed by atoms with Crippen LogP contribution in [0, 0.1) is 6.92 Å². The van der Waals surface area contributed by atoms with E-state index < -0.39 is 18.0 Å². The zero-order chi connectivity index (χ0) is 21.1. The molecule has 0 aliphatic heterocycles. The van der Waals surface area contributed by atoms with Crippen molar-refractivity contribution in [2.75, 3.05) is 10.6 Å². The molecule has 0 spiro atoms. The molecule has 3 aromatic rings. The Bertz CT molecular complexity index is 1090. The number of hydrogen-bond acceptors (Lipinski definition) is 5. The van der Waals surface area contributed by atoms with Gasteiger partial charge in [-0.2, -0.15) is 0 Å². The number of amides is 2. The fourth-order valence-corrected chi connectivity index (χ4v) is 2.91. The molecule has 1 heterocycles. The Morgan fingerprint density at radius 3 is 2.28 bits per heavy atom. The van der Waals surface area contributed by atoms with Gasteiger partial charge in [0, 0.05) is 34.3 Å². The minimum atomic E-state index is -1.05. The predicted octanol–water partition coefficient (Wildman–Crippen LogP) is 4.54. The van der Waals surface area contributed by atoms with Crippen LogP contribution in [-0.4, -0.2) is 23.9 Å². The van der Waals surface area contributed by atoms with Crippen molar-refractivity contribution in [1.82, 2.24) is 0 Å². The van der Waals surface area contributed by atoms with Gasteiger partial charge in [0.25, 0.3) is 5.91 Å². The van der Waals surface area contributed by atoms with E-state index in [9.17, 15) is 14.4 Å². The van der Waals surface area contributed by atoms with E-state index in [-0.39, 0.29) is 11.7 Å². The van der Waals surface area contributed by atoms with Gasteiger partial charge in [-0.3, -0.25) is 9.59 Å². The fourth-order valence-electron chi connectivity index (χ4n) is 2.74. The number of fused-ring (bicyclic) bond motifs is 1. The van der Waals surface area contributed by atoms with Gasteiger partial charge >= 0.3 is 5.97 Å². The lowest BCUT2D eigenvalue weighted by atomic mass is 10.1. The highest BCUT2D eigenvalue weighted by Gasteiger charge is 2.24. The first kappa shape index (κ1) is 20.4. The zero-order valence-electron chi connectivity index (χ0n) is 16.0. The molecule has 0 saturated carbocycles. The van der Waals surface area contributed by atoms with E-state index in [2.05, 4.69) is 10.6 Å². The second-order valence-electron chi connectivity index (χ2n) is 6.49. The zero-order valence-corrected chi connectivity index (χ0v) is 16.8. The fraction of sp³-hybridized carbons (Fsp3) is 0.190. The van der Waals surface area contributed by atoms with Gasteiger partial charge in [-0.25, -0.2) is 4.79 Å². The van der Waals surface area contributed by atoms with Crippen LogP contribution in [0.3, 0.4) is 0 Å². The molecule has 3 rings (SSSR count). The molecule has 0 unspecified atom stereocenters. The highest BCUT2D eigenvalue weighted by atomic mass is 35.5. The second kappa shape index (κ2) is 8.36. The summed E-state index contributed by atoms with van der Waals surface area (Å²) in [7, 11) is 0. The summed E-state index contributed by atoms with van der Waals surface area (Å²) in [6.07, 6.45) is -1.05. The Morgan fingerprint density at radius 2 is 1.66 bits per heavy atom. The first-order valence-electron chi connectivity index (χ1n) is 8.82. The third-order valence-corrected chi connectivity index (χ3v) is 4.44.